The second-order valence-electron chi connectivity index (χ2n) is 5.31. The van der Waals surface area contributed by atoms with Crippen molar-refractivity contribution in [2.75, 3.05) is 12.3 Å². The topological polar surface area (TPSA) is 64.3 Å². The van der Waals surface area contributed by atoms with Crippen LogP contribution in [0.5, 0.6) is 0 Å². The largest absolute Gasteiger partial charge is 0.444 e. The molecule has 0 atom stereocenters. The Balaban J connectivity index is 2.52. The van der Waals surface area contributed by atoms with Gasteiger partial charge in [-0.3, -0.25) is 0 Å². The van der Waals surface area contributed by atoms with Gasteiger partial charge in [0.2, 0.25) is 0 Å². The number of alkyl carbamates (subject to hydrolysis) is 1. The van der Waals surface area contributed by atoms with Crippen LogP contribution in [-0.4, -0.2) is 18.2 Å². The van der Waals surface area contributed by atoms with Crippen molar-refractivity contribution in [3.8, 4) is 11.8 Å². The first-order valence-electron chi connectivity index (χ1n) is 6.40. The van der Waals surface area contributed by atoms with Crippen LogP contribution in [0, 0.1) is 23.5 Å². The second kappa shape index (κ2) is 6.93. The summed E-state index contributed by atoms with van der Waals surface area (Å²) in [6, 6.07) is 2.20. The molecule has 0 fully saturated rings. The molecule has 4 nitrogen and oxygen atoms in total. The zero-order valence-corrected chi connectivity index (χ0v) is 12.2. The molecule has 114 valence electrons. The molecule has 0 radical (unpaired) electrons. The lowest BCUT2D eigenvalue weighted by atomic mass is 10.1. The van der Waals surface area contributed by atoms with Gasteiger partial charge in [-0.1, -0.05) is 11.8 Å². The molecule has 0 unspecified atom stereocenters. The lowest BCUT2D eigenvalue weighted by Crippen LogP contribution is -2.32. The van der Waals surface area contributed by atoms with Crippen molar-refractivity contribution in [2.45, 2.75) is 32.8 Å². The predicted octanol–water partition coefficient (Wildman–Crippen LogP) is 2.81. The molecule has 0 saturated heterocycles. The summed E-state index contributed by atoms with van der Waals surface area (Å²) in [5, 5.41) is 2.49. The van der Waals surface area contributed by atoms with Gasteiger partial charge in [-0.15, -0.1) is 0 Å². The van der Waals surface area contributed by atoms with Crippen LogP contribution in [0.4, 0.5) is 19.3 Å². The van der Waals surface area contributed by atoms with Crippen molar-refractivity contribution < 1.29 is 18.3 Å². The molecule has 0 saturated carbocycles. The van der Waals surface area contributed by atoms with Crippen molar-refractivity contribution >= 4 is 11.8 Å². The maximum atomic E-state index is 13.5. The van der Waals surface area contributed by atoms with E-state index in [9.17, 15) is 13.6 Å². The Morgan fingerprint density at radius 2 is 2.05 bits per heavy atom. The third-order valence-electron chi connectivity index (χ3n) is 2.25. The first kappa shape index (κ1) is 16.8. The van der Waals surface area contributed by atoms with E-state index in [4.69, 9.17) is 10.5 Å². The number of hydrogen-bond acceptors (Lipinski definition) is 3. The van der Waals surface area contributed by atoms with Crippen molar-refractivity contribution in [3.63, 3.8) is 0 Å². The molecular weight excluding hydrogens is 278 g/mol. The molecule has 1 aromatic carbocycles. The third kappa shape index (κ3) is 5.69. The number of carbonyl (C=O) groups excluding carboxylic acids is 1. The Hall–Kier alpha value is -2.29. The molecular formula is C15H18F2N2O2. The minimum absolute atomic E-state index is 0.160. The van der Waals surface area contributed by atoms with Crippen molar-refractivity contribution in [2.24, 2.45) is 0 Å². The van der Waals surface area contributed by atoms with Gasteiger partial charge in [-0.25, -0.2) is 13.6 Å². The fourth-order valence-corrected chi connectivity index (χ4v) is 1.38. The molecule has 1 aromatic rings. The van der Waals surface area contributed by atoms with Gasteiger partial charge >= 0.3 is 6.09 Å². The third-order valence-corrected chi connectivity index (χ3v) is 2.25. The number of carbonyl (C=O) groups is 1. The van der Waals surface area contributed by atoms with Gasteiger partial charge in [-0.05, 0) is 32.9 Å². The molecule has 0 aliphatic heterocycles. The molecule has 6 heteroatoms. The number of nitrogens with two attached hydrogens (primary N) is 1. The van der Waals surface area contributed by atoms with Gasteiger partial charge in [0, 0.05) is 13.0 Å². The Morgan fingerprint density at radius 1 is 1.38 bits per heavy atom. The van der Waals surface area contributed by atoms with E-state index in [1.807, 2.05) is 0 Å². The highest BCUT2D eigenvalue weighted by Gasteiger charge is 2.15. The maximum absolute atomic E-state index is 13.5. The summed E-state index contributed by atoms with van der Waals surface area (Å²) in [4.78, 5) is 11.3. The number of amides is 1. The monoisotopic (exact) mass is 296 g/mol. The van der Waals surface area contributed by atoms with Crippen LogP contribution in [0.25, 0.3) is 0 Å². The first-order valence-corrected chi connectivity index (χ1v) is 6.40. The minimum Gasteiger partial charge on any atom is -0.444 e. The van der Waals surface area contributed by atoms with Crippen LogP contribution < -0.4 is 11.1 Å². The number of halogens is 2. The highest BCUT2D eigenvalue weighted by Crippen LogP contribution is 2.17. The summed E-state index contributed by atoms with van der Waals surface area (Å²) in [5.74, 6) is 3.30. The van der Waals surface area contributed by atoms with Gasteiger partial charge in [0.25, 0.3) is 0 Å². The van der Waals surface area contributed by atoms with E-state index in [0.717, 1.165) is 12.1 Å². The molecule has 0 bridgehead atoms. The number of hydrogen-bond donors (Lipinski definition) is 2. The summed E-state index contributed by atoms with van der Waals surface area (Å²) in [5.41, 5.74) is 4.23. The van der Waals surface area contributed by atoms with Crippen molar-refractivity contribution in [1.82, 2.24) is 5.32 Å². The Bertz CT molecular complexity index is 584. The number of benzene rings is 1. The molecule has 1 amide bonds. The standard InChI is InChI=1S/C15H18F2N2O2/c1-15(2,3)21-14(20)19-9-5-4-6-10-11(16)7-8-12(18)13(10)17/h7-8H,5,9,18H2,1-3H3,(H,19,20). The maximum Gasteiger partial charge on any atom is 0.407 e. The lowest BCUT2D eigenvalue weighted by Gasteiger charge is -2.19. The van der Waals surface area contributed by atoms with Crippen LogP contribution in [-0.2, 0) is 4.74 Å². The highest BCUT2D eigenvalue weighted by atomic mass is 19.1. The Morgan fingerprint density at radius 3 is 2.67 bits per heavy atom. The average Bonchev–Trinajstić information content (AvgIpc) is 2.35. The van der Waals surface area contributed by atoms with E-state index in [1.165, 1.54) is 0 Å². The van der Waals surface area contributed by atoms with Gasteiger partial charge in [0.15, 0.2) is 5.82 Å². The second-order valence-corrected chi connectivity index (χ2v) is 5.31. The SMILES string of the molecule is CC(C)(C)OC(=O)NCCC#Cc1c(F)ccc(N)c1F. The van der Waals surface area contributed by atoms with Gasteiger partial charge in [-0.2, -0.15) is 0 Å². The fraction of sp³-hybridized carbons (Fsp3) is 0.400. The normalized spacial score (nSPS) is 10.5. The van der Waals surface area contributed by atoms with Gasteiger partial charge in [0.1, 0.15) is 11.4 Å². The molecule has 1 rings (SSSR count). The van der Waals surface area contributed by atoms with Gasteiger partial charge < -0.3 is 15.8 Å². The van der Waals surface area contributed by atoms with E-state index in [-0.39, 0.29) is 24.2 Å². The lowest BCUT2D eigenvalue weighted by molar-refractivity contribution is 0.0529. The summed E-state index contributed by atoms with van der Waals surface area (Å²) >= 11 is 0. The summed E-state index contributed by atoms with van der Waals surface area (Å²) in [7, 11) is 0. The highest BCUT2D eigenvalue weighted by molar-refractivity contribution is 5.67. The zero-order chi connectivity index (χ0) is 16.0. The van der Waals surface area contributed by atoms with Crippen molar-refractivity contribution in [1.29, 1.82) is 0 Å². The van der Waals surface area contributed by atoms with E-state index < -0.39 is 23.3 Å². The molecule has 0 spiro atoms. The van der Waals surface area contributed by atoms with E-state index >= 15 is 0 Å². The summed E-state index contributed by atoms with van der Waals surface area (Å²) in [6.45, 7) is 5.46. The number of ether oxygens (including phenoxy) is 1. The smallest absolute Gasteiger partial charge is 0.407 e. The first-order chi connectivity index (χ1) is 9.70. The number of nitrogens with one attached hydrogen (secondary N) is 1. The average molecular weight is 296 g/mol. The zero-order valence-electron chi connectivity index (χ0n) is 12.2. The van der Waals surface area contributed by atoms with Crippen LogP contribution >= 0.6 is 0 Å². The molecule has 0 aliphatic carbocycles. The summed E-state index contributed by atoms with van der Waals surface area (Å²) in [6.07, 6.45) is -0.335. The molecule has 0 aliphatic rings. The molecule has 21 heavy (non-hydrogen) atoms. The Kier molecular flexibility index (Phi) is 5.53. The van der Waals surface area contributed by atoms with Crippen molar-refractivity contribution in [3.05, 3.63) is 29.3 Å². The van der Waals surface area contributed by atoms with E-state index in [1.54, 1.807) is 20.8 Å². The molecule has 3 N–H and O–H groups in total. The van der Waals surface area contributed by atoms with E-state index in [2.05, 4.69) is 17.2 Å². The fourth-order valence-electron chi connectivity index (χ4n) is 1.38. The number of nitrogen functional groups attached to an aromatic ring is 1. The predicted molar refractivity (Wildman–Crippen MR) is 76.5 cm³/mol. The number of rotatable bonds is 2. The quantitative estimate of drug-likeness (QED) is 0.501. The van der Waals surface area contributed by atoms with Crippen LogP contribution in [0.15, 0.2) is 12.1 Å². The molecule has 0 aromatic heterocycles. The Labute approximate surface area is 122 Å². The minimum atomic E-state index is -0.873. The van der Waals surface area contributed by atoms with Crippen LogP contribution in [0.3, 0.4) is 0 Å². The van der Waals surface area contributed by atoms with Crippen LogP contribution in [0.1, 0.15) is 32.8 Å². The summed E-state index contributed by atoms with van der Waals surface area (Å²) < 4.78 is 31.9. The van der Waals surface area contributed by atoms with Crippen LogP contribution in [0.2, 0.25) is 0 Å². The number of anilines is 1. The van der Waals surface area contributed by atoms with E-state index in [0.29, 0.717) is 0 Å². The molecule has 0 heterocycles. The van der Waals surface area contributed by atoms with Gasteiger partial charge in [0.05, 0.1) is 11.3 Å².